The van der Waals surface area contributed by atoms with Crippen LogP contribution in [0.1, 0.15) is 88.0 Å². The summed E-state index contributed by atoms with van der Waals surface area (Å²) in [6.07, 6.45) is 4.18. The molecule has 2 heteroatoms. The van der Waals surface area contributed by atoms with Gasteiger partial charge < -0.3 is 9.84 Å². The summed E-state index contributed by atoms with van der Waals surface area (Å²) in [7, 11) is 0. The molecule has 0 saturated heterocycles. The van der Waals surface area contributed by atoms with Crippen molar-refractivity contribution in [1.29, 1.82) is 0 Å². The Balaban J connectivity index is 4.28. The van der Waals surface area contributed by atoms with E-state index in [1.165, 1.54) is 12.8 Å². The van der Waals surface area contributed by atoms with E-state index in [2.05, 4.69) is 48.5 Å². The van der Waals surface area contributed by atoms with E-state index in [1.54, 1.807) is 0 Å². The predicted octanol–water partition coefficient (Wildman–Crippen LogP) is 5.19. The van der Waals surface area contributed by atoms with Gasteiger partial charge >= 0.3 is 0 Å². The van der Waals surface area contributed by atoms with Crippen molar-refractivity contribution < 1.29 is 9.84 Å². The van der Waals surface area contributed by atoms with E-state index in [0.29, 0.717) is 18.4 Å². The molecule has 0 saturated carbocycles. The Bertz CT molecular complexity index is 277. The van der Waals surface area contributed by atoms with Gasteiger partial charge in [0.25, 0.3) is 0 Å². The van der Waals surface area contributed by atoms with Crippen molar-refractivity contribution in [3.63, 3.8) is 0 Å². The number of aliphatic hydroxyl groups is 1. The van der Waals surface area contributed by atoms with Gasteiger partial charge in [0.15, 0.2) is 0 Å². The van der Waals surface area contributed by atoms with Crippen LogP contribution in [0.4, 0.5) is 0 Å². The number of ether oxygens (including phenoxy) is 1. The summed E-state index contributed by atoms with van der Waals surface area (Å²) >= 11 is 0. The van der Waals surface area contributed by atoms with Crippen LogP contribution in [0.3, 0.4) is 0 Å². The standard InChI is InChI=1S/C18H38O2/c1-15(2,3)10-11-16(4,5)14-18(8,9)20-13-12-17(6,7)19/h19H,10-14H2,1-9H3. The molecule has 2 nitrogen and oxygen atoms in total. The third-order valence-corrected chi connectivity index (χ3v) is 3.66. The van der Waals surface area contributed by atoms with Crippen molar-refractivity contribution in [2.75, 3.05) is 6.61 Å². The number of hydrogen-bond acceptors (Lipinski definition) is 2. The van der Waals surface area contributed by atoms with E-state index in [0.717, 1.165) is 6.42 Å². The van der Waals surface area contributed by atoms with Crippen molar-refractivity contribution in [3.05, 3.63) is 0 Å². The van der Waals surface area contributed by atoms with E-state index in [4.69, 9.17) is 4.74 Å². The van der Waals surface area contributed by atoms with Gasteiger partial charge in [-0.2, -0.15) is 0 Å². The molecule has 0 aliphatic carbocycles. The SMILES string of the molecule is CC(C)(C)CCC(C)(C)CC(C)(C)OCCC(C)(C)O. The van der Waals surface area contributed by atoms with Crippen LogP contribution in [0, 0.1) is 10.8 Å². The highest BCUT2D eigenvalue weighted by atomic mass is 16.5. The molecule has 0 fully saturated rings. The van der Waals surface area contributed by atoms with E-state index in [-0.39, 0.29) is 11.0 Å². The van der Waals surface area contributed by atoms with Gasteiger partial charge in [0.1, 0.15) is 0 Å². The van der Waals surface area contributed by atoms with Crippen LogP contribution in [-0.2, 0) is 4.74 Å². The normalized spacial score (nSPS) is 14.7. The van der Waals surface area contributed by atoms with Crippen LogP contribution in [0.25, 0.3) is 0 Å². The molecule has 0 radical (unpaired) electrons. The molecule has 0 aromatic heterocycles. The van der Waals surface area contributed by atoms with E-state index < -0.39 is 5.60 Å². The Labute approximate surface area is 127 Å². The van der Waals surface area contributed by atoms with Crippen LogP contribution in [0.2, 0.25) is 0 Å². The molecule has 0 bridgehead atoms. The minimum Gasteiger partial charge on any atom is -0.390 e. The monoisotopic (exact) mass is 286 g/mol. The van der Waals surface area contributed by atoms with Crippen LogP contribution >= 0.6 is 0 Å². The Morgan fingerprint density at radius 1 is 0.750 bits per heavy atom. The summed E-state index contributed by atoms with van der Waals surface area (Å²) < 4.78 is 6.01. The van der Waals surface area contributed by atoms with Crippen molar-refractivity contribution in [2.24, 2.45) is 10.8 Å². The van der Waals surface area contributed by atoms with Gasteiger partial charge in [-0.05, 0) is 64.2 Å². The molecule has 0 aromatic rings. The Hall–Kier alpha value is -0.0800. The predicted molar refractivity (Wildman–Crippen MR) is 88.0 cm³/mol. The molecule has 122 valence electrons. The minimum absolute atomic E-state index is 0.132. The Morgan fingerprint density at radius 3 is 1.65 bits per heavy atom. The molecule has 0 aromatic carbocycles. The maximum Gasteiger partial charge on any atom is 0.0631 e. The molecule has 0 rings (SSSR count). The van der Waals surface area contributed by atoms with Gasteiger partial charge in [-0.3, -0.25) is 0 Å². The minimum atomic E-state index is -0.641. The smallest absolute Gasteiger partial charge is 0.0631 e. The third kappa shape index (κ3) is 11.7. The summed E-state index contributed by atoms with van der Waals surface area (Å²) in [5, 5.41) is 9.74. The average Bonchev–Trinajstić information content (AvgIpc) is 2.09. The van der Waals surface area contributed by atoms with Crippen LogP contribution in [0.5, 0.6) is 0 Å². The summed E-state index contributed by atoms with van der Waals surface area (Å²) in [5.41, 5.74) is -0.0981. The van der Waals surface area contributed by atoms with Crippen LogP contribution in [-0.4, -0.2) is 22.9 Å². The van der Waals surface area contributed by atoms with Gasteiger partial charge in [-0.15, -0.1) is 0 Å². The first kappa shape index (κ1) is 19.9. The molecular weight excluding hydrogens is 248 g/mol. The zero-order valence-electron chi connectivity index (χ0n) is 15.4. The number of hydrogen-bond donors (Lipinski definition) is 1. The fourth-order valence-electron chi connectivity index (χ4n) is 2.58. The maximum atomic E-state index is 9.74. The quantitative estimate of drug-likeness (QED) is 0.665. The Kier molecular flexibility index (Phi) is 6.76. The second-order valence-corrected chi connectivity index (χ2v) is 9.57. The van der Waals surface area contributed by atoms with Crippen molar-refractivity contribution in [3.8, 4) is 0 Å². The zero-order valence-corrected chi connectivity index (χ0v) is 15.4. The first-order valence-corrected chi connectivity index (χ1v) is 7.98. The molecule has 0 atom stereocenters. The summed E-state index contributed by atoms with van der Waals surface area (Å²) in [6.45, 7) is 20.2. The molecule has 20 heavy (non-hydrogen) atoms. The highest BCUT2D eigenvalue weighted by Gasteiger charge is 2.30. The van der Waals surface area contributed by atoms with Gasteiger partial charge in [0.2, 0.25) is 0 Å². The van der Waals surface area contributed by atoms with E-state index in [1.807, 2.05) is 13.8 Å². The van der Waals surface area contributed by atoms with Gasteiger partial charge in [0.05, 0.1) is 17.8 Å². The highest BCUT2D eigenvalue weighted by molar-refractivity contribution is 4.82. The first-order valence-electron chi connectivity index (χ1n) is 7.98. The molecule has 0 aliphatic heterocycles. The second-order valence-electron chi connectivity index (χ2n) is 9.57. The molecule has 0 aliphatic rings. The lowest BCUT2D eigenvalue weighted by molar-refractivity contribution is -0.0678. The molecule has 0 spiro atoms. The van der Waals surface area contributed by atoms with Crippen molar-refractivity contribution in [1.82, 2.24) is 0 Å². The van der Waals surface area contributed by atoms with Crippen LogP contribution < -0.4 is 0 Å². The third-order valence-electron chi connectivity index (χ3n) is 3.66. The van der Waals surface area contributed by atoms with E-state index >= 15 is 0 Å². The van der Waals surface area contributed by atoms with Gasteiger partial charge in [-0.1, -0.05) is 34.6 Å². The Morgan fingerprint density at radius 2 is 1.25 bits per heavy atom. The lowest BCUT2D eigenvalue weighted by atomic mass is 9.74. The van der Waals surface area contributed by atoms with Crippen molar-refractivity contribution in [2.45, 2.75) is 99.2 Å². The second kappa shape index (κ2) is 6.79. The van der Waals surface area contributed by atoms with E-state index in [9.17, 15) is 5.11 Å². The first-order chi connectivity index (χ1) is 8.62. The lowest BCUT2D eigenvalue weighted by Crippen LogP contribution is -2.34. The maximum absolute atomic E-state index is 9.74. The fraction of sp³-hybridized carbons (Fsp3) is 1.00. The summed E-state index contributed by atoms with van der Waals surface area (Å²) in [4.78, 5) is 0. The molecule has 1 N–H and O–H groups in total. The topological polar surface area (TPSA) is 29.5 Å². The molecule has 0 amide bonds. The van der Waals surface area contributed by atoms with Crippen LogP contribution in [0.15, 0.2) is 0 Å². The largest absolute Gasteiger partial charge is 0.390 e. The summed E-state index contributed by atoms with van der Waals surface area (Å²) in [5.74, 6) is 0. The average molecular weight is 286 g/mol. The zero-order chi connectivity index (χ0) is 16.2. The van der Waals surface area contributed by atoms with Gasteiger partial charge in [0, 0.05) is 0 Å². The highest BCUT2D eigenvalue weighted by Crippen LogP contribution is 2.37. The lowest BCUT2D eigenvalue weighted by Gasteiger charge is -2.37. The molecule has 0 unspecified atom stereocenters. The fourth-order valence-corrected chi connectivity index (χ4v) is 2.58. The number of rotatable bonds is 8. The van der Waals surface area contributed by atoms with Gasteiger partial charge in [-0.25, -0.2) is 0 Å². The van der Waals surface area contributed by atoms with Crippen molar-refractivity contribution >= 4 is 0 Å². The molecule has 0 heterocycles. The molecular formula is C18H38O2. The summed E-state index contributed by atoms with van der Waals surface area (Å²) in [6, 6.07) is 0.